The van der Waals surface area contributed by atoms with E-state index in [0.717, 1.165) is 71.6 Å². The Morgan fingerprint density at radius 1 is 1.38 bits per heavy atom. The van der Waals surface area contributed by atoms with Gasteiger partial charge in [0.25, 0.3) is 0 Å². The molecule has 34 heavy (non-hydrogen) atoms. The Balaban J connectivity index is 1.59. The normalized spacial score (nSPS) is 19.7. The van der Waals surface area contributed by atoms with Crippen molar-refractivity contribution in [1.29, 1.82) is 0 Å². The van der Waals surface area contributed by atoms with E-state index < -0.39 is 21.5 Å². The molecule has 2 unspecified atom stereocenters. The molecule has 5 N–H and O–H groups in total. The number of pyridine rings is 1. The van der Waals surface area contributed by atoms with Crippen LogP contribution >= 0.6 is 11.3 Å². The van der Waals surface area contributed by atoms with Gasteiger partial charge in [-0.15, -0.1) is 15.7 Å². The van der Waals surface area contributed by atoms with Crippen molar-refractivity contribution in [2.75, 3.05) is 25.1 Å². The Morgan fingerprint density at radius 2 is 2.15 bits per heavy atom. The molecular weight excluding hydrogens is 478 g/mol. The number of carbonyl (C=O) groups excluding carboxylic acids is 1. The SMILES string of the molecule is CC1(C)CCc2c1nc1c(c2NC(=O)N=S(N)(=O)c2cnc(C(C)(O)COCCO)s2)CCC1. The summed E-state index contributed by atoms with van der Waals surface area (Å²) in [5.41, 5.74) is 3.27. The highest BCUT2D eigenvalue weighted by Gasteiger charge is 2.36. The third-order valence-electron chi connectivity index (χ3n) is 6.27. The number of aromatic nitrogens is 2. The number of aliphatic hydroxyl groups excluding tert-OH is 1. The van der Waals surface area contributed by atoms with Gasteiger partial charge in [0.05, 0.1) is 37.4 Å². The van der Waals surface area contributed by atoms with Gasteiger partial charge in [-0.05, 0) is 50.2 Å². The van der Waals surface area contributed by atoms with E-state index in [-0.39, 0.29) is 34.5 Å². The molecule has 2 heterocycles. The van der Waals surface area contributed by atoms with Gasteiger partial charge in [0.2, 0.25) is 0 Å². The van der Waals surface area contributed by atoms with Crippen molar-refractivity contribution in [3.63, 3.8) is 0 Å². The van der Waals surface area contributed by atoms with Gasteiger partial charge in [-0.3, -0.25) is 4.98 Å². The average Bonchev–Trinajstić information content (AvgIpc) is 3.47. The molecule has 2 aliphatic carbocycles. The van der Waals surface area contributed by atoms with Gasteiger partial charge in [-0.25, -0.2) is 19.1 Å². The molecule has 10 nitrogen and oxygen atoms in total. The summed E-state index contributed by atoms with van der Waals surface area (Å²) >= 11 is 0.905. The summed E-state index contributed by atoms with van der Waals surface area (Å²) in [4.78, 5) is 21.9. The molecule has 12 heteroatoms. The van der Waals surface area contributed by atoms with E-state index in [0.29, 0.717) is 0 Å². The Kier molecular flexibility index (Phi) is 6.84. The highest BCUT2D eigenvalue weighted by Crippen LogP contribution is 2.44. The minimum Gasteiger partial charge on any atom is -0.394 e. The number of aliphatic hydroxyl groups is 2. The number of hydrogen-bond acceptors (Lipinski definition) is 8. The number of carbonyl (C=O) groups is 1. The van der Waals surface area contributed by atoms with Crippen molar-refractivity contribution in [2.45, 2.75) is 68.1 Å². The van der Waals surface area contributed by atoms with Crippen LogP contribution in [0.5, 0.6) is 0 Å². The number of rotatable bonds is 7. The van der Waals surface area contributed by atoms with E-state index in [1.807, 2.05) is 0 Å². The number of ether oxygens (including phenoxy) is 1. The topological polar surface area (TPSA) is 160 Å². The van der Waals surface area contributed by atoms with Gasteiger partial charge in [0, 0.05) is 11.1 Å². The Labute approximate surface area is 203 Å². The first-order valence-corrected chi connectivity index (χ1v) is 13.6. The largest absolute Gasteiger partial charge is 0.394 e. The third-order valence-corrected chi connectivity index (χ3v) is 9.40. The van der Waals surface area contributed by atoms with Gasteiger partial charge >= 0.3 is 6.03 Å². The Bertz CT molecular complexity index is 1230. The van der Waals surface area contributed by atoms with E-state index in [1.54, 1.807) is 0 Å². The lowest BCUT2D eigenvalue weighted by Crippen LogP contribution is -2.28. The maximum atomic E-state index is 13.1. The Hall–Kier alpha value is -1.96. The number of nitrogens with one attached hydrogen (secondary N) is 1. The number of aryl methyl sites for hydroxylation is 1. The van der Waals surface area contributed by atoms with Crippen LogP contribution in [0.3, 0.4) is 0 Å². The van der Waals surface area contributed by atoms with Crippen molar-refractivity contribution in [3.8, 4) is 0 Å². The lowest BCUT2D eigenvalue weighted by atomic mass is 9.90. The molecule has 4 rings (SSSR count). The fourth-order valence-electron chi connectivity index (χ4n) is 4.47. The van der Waals surface area contributed by atoms with Gasteiger partial charge in [-0.1, -0.05) is 13.8 Å². The van der Waals surface area contributed by atoms with E-state index in [2.05, 4.69) is 28.5 Å². The summed E-state index contributed by atoms with van der Waals surface area (Å²) in [6.07, 6.45) is 5.68. The number of amides is 2. The summed E-state index contributed by atoms with van der Waals surface area (Å²) < 4.78 is 22.2. The molecule has 2 atom stereocenters. The predicted molar refractivity (Wildman–Crippen MR) is 129 cm³/mol. The highest BCUT2D eigenvalue weighted by molar-refractivity contribution is 7.93. The first-order chi connectivity index (χ1) is 15.9. The fraction of sp³-hybridized carbons (Fsp3) is 0.591. The van der Waals surface area contributed by atoms with E-state index in [4.69, 9.17) is 20.0 Å². The fourth-order valence-corrected chi connectivity index (χ4v) is 6.56. The lowest BCUT2D eigenvalue weighted by molar-refractivity contribution is -0.0447. The zero-order valence-corrected chi connectivity index (χ0v) is 21.2. The summed E-state index contributed by atoms with van der Waals surface area (Å²) in [6, 6.07) is -0.785. The zero-order chi connectivity index (χ0) is 24.7. The quantitative estimate of drug-likeness (QED) is 0.417. The zero-order valence-electron chi connectivity index (χ0n) is 19.6. The van der Waals surface area contributed by atoms with E-state index in [1.165, 1.54) is 13.1 Å². The van der Waals surface area contributed by atoms with Crippen LogP contribution in [-0.4, -0.2) is 50.2 Å². The van der Waals surface area contributed by atoms with Crippen LogP contribution < -0.4 is 10.5 Å². The Morgan fingerprint density at radius 3 is 2.88 bits per heavy atom. The van der Waals surface area contributed by atoms with E-state index in [9.17, 15) is 14.1 Å². The molecule has 2 aromatic heterocycles. The van der Waals surface area contributed by atoms with Crippen LogP contribution in [0.15, 0.2) is 14.8 Å². The maximum absolute atomic E-state index is 13.1. The van der Waals surface area contributed by atoms with Crippen LogP contribution in [0.2, 0.25) is 0 Å². The summed E-state index contributed by atoms with van der Waals surface area (Å²) in [6.45, 7) is 5.57. The summed E-state index contributed by atoms with van der Waals surface area (Å²) in [5.74, 6) is 0. The first-order valence-electron chi connectivity index (χ1n) is 11.2. The van der Waals surface area contributed by atoms with Crippen molar-refractivity contribution in [3.05, 3.63) is 33.7 Å². The minimum atomic E-state index is -3.58. The number of anilines is 1. The molecule has 0 saturated carbocycles. The van der Waals surface area contributed by atoms with E-state index >= 15 is 0 Å². The second-order valence-electron chi connectivity index (χ2n) is 9.60. The molecule has 0 saturated heterocycles. The standard InChI is InChI=1S/C22H31N5O5S2/c1-21(2)8-7-14-17(13-5-4-6-15(13)25-18(14)21)26-20(29)27-34(23,31)16-11-24-19(33-16)22(3,30)12-32-10-9-28/h11,28,30H,4-10,12H2,1-3H3,(H3,23,25,26,27,29,31). The predicted octanol–water partition coefficient (Wildman–Crippen LogP) is 2.40. The molecule has 0 radical (unpaired) electrons. The van der Waals surface area contributed by atoms with Gasteiger partial charge in [0.1, 0.15) is 14.8 Å². The molecule has 0 spiro atoms. The average molecular weight is 510 g/mol. The second kappa shape index (κ2) is 9.25. The molecule has 2 amide bonds. The summed E-state index contributed by atoms with van der Waals surface area (Å²) in [7, 11) is -3.58. The number of nitrogens with two attached hydrogens (primary N) is 1. The molecule has 0 bridgehead atoms. The molecule has 186 valence electrons. The lowest BCUT2D eigenvalue weighted by Gasteiger charge is -2.20. The van der Waals surface area contributed by atoms with Crippen molar-refractivity contribution in [2.24, 2.45) is 9.50 Å². The second-order valence-corrected chi connectivity index (χ2v) is 12.6. The van der Waals surface area contributed by atoms with Crippen LogP contribution in [-0.2, 0) is 44.9 Å². The van der Waals surface area contributed by atoms with Crippen molar-refractivity contribution >= 4 is 33.0 Å². The monoisotopic (exact) mass is 509 g/mol. The van der Waals surface area contributed by atoms with Crippen LogP contribution in [0.1, 0.15) is 61.1 Å². The van der Waals surface area contributed by atoms with Gasteiger partial charge in [0.15, 0.2) is 9.92 Å². The third kappa shape index (κ3) is 4.88. The van der Waals surface area contributed by atoms with Crippen molar-refractivity contribution < 1.29 is 24.0 Å². The maximum Gasteiger partial charge on any atom is 0.354 e. The molecule has 0 fully saturated rings. The number of fused-ring (bicyclic) bond motifs is 2. The molecule has 0 aromatic carbocycles. The number of hydrogen-bond donors (Lipinski definition) is 4. The van der Waals surface area contributed by atoms with Gasteiger partial charge in [-0.2, -0.15) is 0 Å². The van der Waals surface area contributed by atoms with Crippen LogP contribution in [0.25, 0.3) is 0 Å². The molecule has 2 aromatic rings. The molecular formula is C22H31N5O5S2. The van der Waals surface area contributed by atoms with Crippen LogP contribution in [0.4, 0.5) is 10.5 Å². The number of nitrogens with zero attached hydrogens (tertiary/aromatic N) is 3. The van der Waals surface area contributed by atoms with Crippen molar-refractivity contribution in [1.82, 2.24) is 9.97 Å². The smallest absolute Gasteiger partial charge is 0.354 e. The number of thiazole rings is 1. The van der Waals surface area contributed by atoms with Gasteiger partial charge < -0.3 is 20.3 Å². The van der Waals surface area contributed by atoms with Crippen LogP contribution in [0, 0.1) is 0 Å². The highest BCUT2D eigenvalue weighted by atomic mass is 32.2. The minimum absolute atomic E-state index is 0.0666. The number of urea groups is 1. The molecule has 0 aliphatic heterocycles. The molecule has 2 aliphatic rings. The first kappa shape index (κ1) is 25.1. The summed E-state index contributed by atoms with van der Waals surface area (Å²) in [5, 5.41) is 28.5.